The Morgan fingerprint density at radius 1 is 1.06 bits per heavy atom. The van der Waals surface area contributed by atoms with Crippen LogP contribution in [0.15, 0.2) is 53.4 Å². The summed E-state index contributed by atoms with van der Waals surface area (Å²) in [5.41, 5.74) is 4.15. The van der Waals surface area contributed by atoms with Crippen LogP contribution in [0, 0.1) is 12.8 Å². The molecule has 3 aromatic rings. The van der Waals surface area contributed by atoms with Gasteiger partial charge in [-0.15, -0.1) is 16.9 Å². The first-order chi connectivity index (χ1) is 17.0. The van der Waals surface area contributed by atoms with E-state index in [2.05, 4.69) is 46.8 Å². The quantitative estimate of drug-likeness (QED) is 0.541. The standard InChI is InChI=1S/C26H29N5O3S/c1-17-3-5-18(6-4-17)23-15-31-22(16-34-23)24(28-29-31)26(33)30-13-11-19(12-14-30)25(32)27-20-7-9-21(35-2)10-8-20/h3-10,19,23H,11-16H2,1-2H3,(H,27,32)/t23-/m1/s1. The van der Waals surface area contributed by atoms with Gasteiger partial charge in [-0.2, -0.15) is 0 Å². The van der Waals surface area contributed by atoms with Gasteiger partial charge in [-0.25, -0.2) is 4.68 Å². The molecule has 0 saturated carbocycles. The minimum Gasteiger partial charge on any atom is -0.365 e. The molecule has 8 nitrogen and oxygen atoms in total. The molecule has 0 bridgehead atoms. The van der Waals surface area contributed by atoms with Crippen LogP contribution in [0.2, 0.25) is 0 Å². The Balaban J connectivity index is 1.17. The Bertz CT molecular complexity index is 1200. The summed E-state index contributed by atoms with van der Waals surface area (Å²) in [6.45, 7) is 3.90. The van der Waals surface area contributed by atoms with Crippen LogP contribution < -0.4 is 5.32 Å². The zero-order chi connectivity index (χ0) is 24.4. The average molecular weight is 492 g/mol. The number of nitrogens with zero attached hydrogens (tertiary/aromatic N) is 4. The lowest BCUT2D eigenvalue weighted by Gasteiger charge is -2.31. The highest BCUT2D eigenvalue weighted by atomic mass is 32.2. The van der Waals surface area contributed by atoms with E-state index in [9.17, 15) is 9.59 Å². The molecule has 1 aromatic heterocycles. The highest BCUT2D eigenvalue weighted by Gasteiger charge is 2.33. The second kappa shape index (κ2) is 10.2. The number of thioether (sulfide) groups is 1. The number of ether oxygens (including phenoxy) is 1. The summed E-state index contributed by atoms with van der Waals surface area (Å²) in [7, 11) is 0. The lowest BCUT2D eigenvalue weighted by atomic mass is 9.95. The van der Waals surface area contributed by atoms with Crippen molar-refractivity contribution >= 4 is 29.3 Å². The largest absolute Gasteiger partial charge is 0.365 e. The van der Waals surface area contributed by atoms with E-state index >= 15 is 0 Å². The van der Waals surface area contributed by atoms with E-state index < -0.39 is 0 Å². The fourth-order valence-electron chi connectivity index (χ4n) is 4.57. The lowest BCUT2D eigenvalue weighted by Crippen LogP contribution is -2.42. The second-order valence-electron chi connectivity index (χ2n) is 9.06. The summed E-state index contributed by atoms with van der Waals surface area (Å²) in [5.74, 6) is -0.257. The number of benzene rings is 2. The Morgan fingerprint density at radius 3 is 2.46 bits per heavy atom. The third kappa shape index (κ3) is 5.11. The topological polar surface area (TPSA) is 89.4 Å². The van der Waals surface area contributed by atoms with Gasteiger partial charge in [0.15, 0.2) is 5.69 Å². The third-order valence-corrected chi connectivity index (χ3v) is 7.50. The van der Waals surface area contributed by atoms with Crippen molar-refractivity contribution in [1.29, 1.82) is 0 Å². The Kier molecular flexibility index (Phi) is 6.88. The predicted octanol–water partition coefficient (Wildman–Crippen LogP) is 4.07. The van der Waals surface area contributed by atoms with Gasteiger partial charge in [0.25, 0.3) is 5.91 Å². The van der Waals surface area contributed by atoms with E-state index in [0.717, 1.165) is 16.1 Å². The number of carbonyl (C=O) groups is 2. The van der Waals surface area contributed by atoms with Crippen LogP contribution in [0.25, 0.3) is 0 Å². The van der Waals surface area contributed by atoms with Crippen LogP contribution in [-0.4, -0.2) is 51.1 Å². The number of rotatable bonds is 5. The molecule has 2 amide bonds. The zero-order valence-electron chi connectivity index (χ0n) is 19.9. The number of fused-ring (bicyclic) bond motifs is 1. The highest BCUT2D eigenvalue weighted by molar-refractivity contribution is 7.98. The summed E-state index contributed by atoms with van der Waals surface area (Å²) in [4.78, 5) is 28.9. The smallest absolute Gasteiger partial charge is 0.276 e. The van der Waals surface area contributed by atoms with Gasteiger partial charge < -0.3 is 15.0 Å². The molecular formula is C26H29N5O3S. The molecule has 0 radical (unpaired) electrons. The maximum absolute atomic E-state index is 13.2. The van der Waals surface area contributed by atoms with Crippen LogP contribution >= 0.6 is 11.8 Å². The summed E-state index contributed by atoms with van der Waals surface area (Å²) < 4.78 is 7.84. The number of hydrogen-bond donors (Lipinski definition) is 1. The molecule has 2 aliphatic heterocycles. The van der Waals surface area contributed by atoms with Crippen molar-refractivity contribution in [2.24, 2.45) is 5.92 Å². The molecule has 0 spiro atoms. The minimum absolute atomic E-state index is 0.00517. The molecule has 1 N–H and O–H groups in total. The number of hydrogen-bond acceptors (Lipinski definition) is 6. The van der Waals surface area contributed by atoms with Gasteiger partial charge in [-0.3, -0.25) is 9.59 Å². The number of piperidine rings is 1. The minimum atomic E-state index is -0.143. The summed E-state index contributed by atoms with van der Waals surface area (Å²) in [5, 5.41) is 11.4. The van der Waals surface area contributed by atoms with Crippen LogP contribution in [0.1, 0.15) is 46.3 Å². The van der Waals surface area contributed by atoms with Gasteiger partial charge in [-0.1, -0.05) is 35.0 Å². The zero-order valence-corrected chi connectivity index (χ0v) is 20.8. The first-order valence-corrected chi connectivity index (χ1v) is 13.1. The average Bonchev–Trinajstić information content (AvgIpc) is 3.32. The molecule has 2 aromatic carbocycles. The second-order valence-corrected chi connectivity index (χ2v) is 9.94. The molecule has 0 unspecified atom stereocenters. The van der Waals surface area contributed by atoms with Gasteiger partial charge in [0.05, 0.1) is 18.8 Å². The number of nitrogens with one attached hydrogen (secondary N) is 1. The van der Waals surface area contributed by atoms with Crippen molar-refractivity contribution in [3.05, 3.63) is 71.0 Å². The third-order valence-electron chi connectivity index (χ3n) is 6.76. The molecule has 182 valence electrons. The fourth-order valence-corrected chi connectivity index (χ4v) is 4.98. The number of aryl methyl sites for hydroxylation is 1. The first kappa shape index (κ1) is 23.6. The van der Waals surface area contributed by atoms with Crippen molar-refractivity contribution in [1.82, 2.24) is 19.9 Å². The van der Waals surface area contributed by atoms with E-state index in [0.29, 0.717) is 50.5 Å². The van der Waals surface area contributed by atoms with Gasteiger partial charge in [0, 0.05) is 29.6 Å². The first-order valence-electron chi connectivity index (χ1n) is 11.9. The predicted molar refractivity (Wildman–Crippen MR) is 134 cm³/mol. The number of anilines is 1. The molecule has 1 atom stereocenters. The van der Waals surface area contributed by atoms with Crippen LogP contribution in [0.5, 0.6) is 0 Å². The molecule has 35 heavy (non-hydrogen) atoms. The summed E-state index contributed by atoms with van der Waals surface area (Å²) in [6.07, 6.45) is 3.15. The maximum atomic E-state index is 13.2. The summed E-state index contributed by atoms with van der Waals surface area (Å²) >= 11 is 1.66. The van der Waals surface area contributed by atoms with E-state index in [4.69, 9.17) is 4.74 Å². The van der Waals surface area contributed by atoms with Crippen LogP contribution in [0.3, 0.4) is 0 Å². The lowest BCUT2D eigenvalue weighted by molar-refractivity contribution is -0.121. The van der Waals surface area contributed by atoms with Gasteiger partial charge in [-0.05, 0) is 55.9 Å². The summed E-state index contributed by atoms with van der Waals surface area (Å²) in [6, 6.07) is 16.1. The normalized spacial score (nSPS) is 18.2. The van der Waals surface area contributed by atoms with E-state index in [1.807, 2.05) is 30.5 Å². The van der Waals surface area contributed by atoms with Crippen molar-refractivity contribution in [2.75, 3.05) is 24.7 Å². The van der Waals surface area contributed by atoms with E-state index in [1.54, 1.807) is 21.3 Å². The Labute approximate surface area is 209 Å². The van der Waals surface area contributed by atoms with E-state index in [1.165, 1.54) is 5.56 Å². The van der Waals surface area contributed by atoms with E-state index in [-0.39, 0.29) is 23.8 Å². The van der Waals surface area contributed by atoms with Crippen molar-refractivity contribution in [2.45, 2.75) is 43.9 Å². The van der Waals surface area contributed by atoms with Crippen molar-refractivity contribution < 1.29 is 14.3 Å². The van der Waals surface area contributed by atoms with Gasteiger partial charge >= 0.3 is 0 Å². The molecule has 3 heterocycles. The highest BCUT2D eigenvalue weighted by Crippen LogP contribution is 2.28. The van der Waals surface area contributed by atoms with Crippen LogP contribution in [0.4, 0.5) is 5.69 Å². The van der Waals surface area contributed by atoms with Crippen molar-refractivity contribution in [3.63, 3.8) is 0 Å². The monoisotopic (exact) mass is 491 g/mol. The number of likely N-dealkylation sites (tertiary alicyclic amines) is 1. The molecule has 1 fully saturated rings. The number of aromatic nitrogens is 3. The van der Waals surface area contributed by atoms with Crippen molar-refractivity contribution in [3.8, 4) is 0 Å². The molecule has 0 aliphatic carbocycles. The maximum Gasteiger partial charge on any atom is 0.276 e. The van der Waals surface area contributed by atoms with Gasteiger partial charge in [0.2, 0.25) is 5.91 Å². The fraction of sp³-hybridized carbons (Fsp3) is 0.385. The molecule has 9 heteroatoms. The Hall–Kier alpha value is -3.17. The number of amides is 2. The Morgan fingerprint density at radius 2 is 1.77 bits per heavy atom. The number of carbonyl (C=O) groups excluding carboxylic acids is 2. The molecule has 1 saturated heterocycles. The molecule has 5 rings (SSSR count). The van der Waals surface area contributed by atoms with Crippen LogP contribution in [-0.2, 0) is 22.7 Å². The molecule has 2 aliphatic rings. The van der Waals surface area contributed by atoms with Gasteiger partial charge in [0.1, 0.15) is 6.10 Å². The molecular weight excluding hydrogens is 462 g/mol. The SMILES string of the molecule is CSc1ccc(NC(=O)C2CCN(C(=O)c3nnn4c3CO[C@@H](c3ccc(C)cc3)C4)CC2)cc1.